The molecule has 0 bridgehead atoms. The van der Waals surface area contributed by atoms with Gasteiger partial charge in [0.2, 0.25) is 0 Å². The third-order valence-corrected chi connectivity index (χ3v) is 4.80. The van der Waals surface area contributed by atoms with E-state index in [-0.39, 0.29) is 5.91 Å². The summed E-state index contributed by atoms with van der Waals surface area (Å²) < 4.78 is 5.78. The molecular weight excluding hydrogens is 312 g/mol. The zero-order chi connectivity index (χ0) is 18.0. The Morgan fingerprint density at radius 3 is 2.44 bits per heavy atom. The van der Waals surface area contributed by atoms with Gasteiger partial charge in [0.25, 0.3) is 5.91 Å². The summed E-state index contributed by atoms with van der Waals surface area (Å²) in [7, 11) is 1.86. The lowest BCUT2D eigenvalue weighted by Gasteiger charge is -2.46. The van der Waals surface area contributed by atoms with Gasteiger partial charge in [0, 0.05) is 12.7 Å². The first-order valence-corrected chi connectivity index (χ1v) is 8.86. The Bertz CT molecular complexity index is 755. The average molecular weight is 338 g/mol. The molecule has 0 spiro atoms. The third-order valence-electron chi connectivity index (χ3n) is 4.80. The zero-order valence-electron chi connectivity index (χ0n) is 15.4. The Labute approximate surface area is 149 Å². The molecule has 1 atom stereocenters. The second-order valence-electron chi connectivity index (χ2n) is 6.98. The van der Waals surface area contributed by atoms with E-state index in [0.29, 0.717) is 18.1 Å². The second-order valence-corrected chi connectivity index (χ2v) is 6.98. The number of ether oxygens (including phenoxy) is 1. The minimum Gasteiger partial charge on any atom is -0.493 e. The molecule has 1 amide bonds. The van der Waals surface area contributed by atoms with Crippen molar-refractivity contribution < 1.29 is 9.53 Å². The predicted molar refractivity (Wildman–Crippen MR) is 101 cm³/mol. The Balaban J connectivity index is 1.94. The Kier molecular flexibility index (Phi) is 4.71. The number of carbonyl (C=O) groups is 1. The van der Waals surface area contributed by atoms with E-state index < -0.39 is 5.66 Å². The molecule has 2 aromatic rings. The molecule has 0 aromatic heterocycles. The van der Waals surface area contributed by atoms with Gasteiger partial charge in [0.1, 0.15) is 11.4 Å². The number of rotatable bonds is 5. The number of benzene rings is 2. The van der Waals surface area contributed by atoms with Gasteiger partial charge in [-0.2, -0.15) is 0 Å². The molecule has 0 radical (unpaired) electrons. The van der Waals surface area contributed by atoms with Gasteiger partial charge in [0.05, 0.1) is 12.2 Å². The molecule has 132 valence electrons. The maximum Gasteiger partial charge on any atom is 0.257 e. The van der Waals surface area contributed by atoms with Crippen molar-refractivity contribution >= 4 is 11.6 Å². The van der Waals surface area contributed by atoms with Crippen LogP contribution < -0.4 is 10.1 Å². The van der Waals surface area contributed by atoms with Crippen molar-refractivity contribution in [3.8, 4) is 5.75 Å². The van der Waals surface area contributed by atoms with Gasteiger partial charge in [0.15, 0.2) is 0 Å². The van der Waals surface area contributed by atoms with Gasteiger partial charge < -0.3 is 15.0 Å². The van der Waals surface area contributed by atoms with Crippen LogP contribution in [0.1, 0.15) is 43.1 Å². The molecule has 0 saturated heterocycles. The lowest BCUT2D eigenvalue weighted by atomic mass is 9.90. The van der Waals surface area contributed by atoms with Crippen LogP contribution >= 0.6 is 0 Å². The van der Waals surface area contributed by atoms with Gasteiger partial charge in [-0.25, -0.2) is 0 Å². The van der Waals surface area contributed by atoms with Crippen LogP contribution in [0, 0.1) is 5.92 Å². The van der Waals surface area contributed by atoms with Crippen molar-refractivity contribution in [2.24, 2.45) is 5.92 Å². The molecule has 2 aromatic carbocycles. The number of nitrogens with one attached hydrogen (secondary N) is 1. The van der Waals surface area contributed by atoms with E-state index in [2.05, 4.69) is 26.1 Å². The minimum absolute atomic E-state index is 0.0383. The molecule has 1 unspecified atom stereocenters. The maximum atomic E-state index is 12.9. The van der Waals surface area contributed by atoms with Crippen LogP contribution in [0.25, 0.3) is 0 Å². The number of nitrogens with zero attached hydrogens (tertiary/aromatic N) is 1. The normalized spacial score (nSPS) is 19.6. The monoisotopic (exact) mass is 338 g/mol. The minimum atomic E-state index is -0.554. The maximum absolute atomic E-state index is 12.9. The van der Waals surface area contributed by atoms with Crippen LogP contribution in [0.2, 0.25) is 0 Å². The van der Waals surface area contributed by atoms with Crippen LogP contribution in [0.3, 0.4) is 0 Å². The first-order valence-electron chi connectivity index (χ1n) is 8.86. The summed E-state index contributed by atoms with van der Waals surface area (Å²) >= 11 is 0. The molecular formula is C21H26N2O2. The summed E-state index contributed by atoms with van der Waals surface area (Å²) in [5.74, 6) is 1.38. The number of para-hydroxylation sites is 1. The van der Waals surface area contributed by atoms with Crippen LogP contribution in [0.5, 0.6) is 5.75 Å². The van der Waals surface area contributed by atoms with Crippen LogP contribution in [0.15, 0.2) is 48.5 Å². The number of amides is 1. The van der Waals surface area contributed by atoms with E-state index in [1.165, 1.54) is 0 Å². The van der Waals surface area contributed by atoms with Crippen molar-refractivity contribution in [2.75, 3.05) is 19.0 Å². The molecule has 0 saturated carbocycles. The van der Waals surface area contributed by atoms with Crippen LogP contribution in [-0.4, -0.2) is 24.5 Å². The molecule has 0 fully saturated rings. The number of carbonyl (C=O) groups excluding carboxylic acids is 1. The molecule has 4 heteroatoms. The van der Waals surface area contributed by atoms with Gasteiger partial charge in [-0.15, -0.1) is 0 Å². The number of anilines is 1. The summed E-state index contributed by atoms with van der Waals surface area (Å²) in [5.41, 5.74) is 2.10. The summed E-state index contributed by atoms with van der Waals surface area (Å²) in [6.07, 6.45) is 0.760. The topological polar surface area (TPSA) is 41.6 Å². The molecule has 1 aliphatic heterocycles. The van der Waals surface area contributed by atoms with Crippen molar-refractivity contribution in [3.63, 3.8) is 0 Å². The fourth-order valence-electron chi connectivity index (χ4n) is 3.32. The number of hydrogen-bond acceptors (Lipinski definition) is 3. The van der Waals surface area contributed by atoms with E-state index in [0.717, 1.165) is 23.4 Å². The summed E-state index contributed by atoms with van der Waals surface area (Å²) in [6.45, 7) is 7.05. The van der Waals surface area contributed by atoms with Crippen molar-refractivity contribution in [2.45, 2.75) is 32.9 Å². The molecule has 0 aliphatic carbocycles. The lowest BCUT2D eigenvalue weighted by Crippen LogP contribution is -2.55. The first kappa shape index (κ1) is 17.3. The van der Waals surface area contributed by atoms with E-state index in [4.69, 9.17) is 4.74 Å². The van der Waals surface area contributed by atoms with E-state index in [1.807, 2.05) is 55.6 Å². The van der Waals surface area contributed by atoms with Gasteiger partial charge in [-0.3, -0.25) is 4.79 Å². The number of fused-ring (bicyclic) bond motifs is 1. The fourth-order valence-corrected chi connectivity index (χ4v) is 3.32. The van der Waals surface area contributed by atoms with Crippen LogP contribution in [0.4, 0.5) is 5.69 Å². The molecule has 1 N–H and O–H groups in total. The lowest BCUT2D eigenvalue weighted by molar-refractivity contribution is 0.0572. The molecule has 3 rings (SSSR count). The van der Waals surface area contributed by atoms with Gasteiger partial charge in [-0.1, -0.05) is 45.0 Å². The number of hydrogen-bond donors (Lipinski definition) is 1. The van der Waals surface area contributed by atoms with Gasteiger partial charge in [-0.05, 0) is 42.2 Å². The highest BCUT2D eigenvalue weighted by Crippen LogP contribution is 2.39. The first-order chi connectivity index (χ1) is 12.0. The molecule has 1 aliphatic rings. The smallest absolute Gasteiger partial charge is 0.257 e. The quantitative estimate of drug-likeness (QED) is 0.874. The van der Waals surface area contributed by atoms with Crippen LogP contribution in [-0.2, 0) is 5.66 Å². The van der Waals surface area contributed by atoms with E-state index >= 15 is 0 Å². The fraction of sp³-hybridized carbons (Fsp3) is 0.381. The third kappa shape index (κ3) is 3.09. The van der Waals surface area contributed by atoms with Gasteiger partial charge >= 0.3 is 0 Å². The standard InChI is InChI=1S/C21H26N2O2/c1-5-21(16-10-12-17(13-11-16)25-14-15(2)3)22-19-9-7-6-8-18(19)20(24)23(21)4/h6-13,15,22H,5,14H2,1-4H3. The Morgan fingerprint density at radius 2 is 1.80 bits per heavy atom. The van der Waals surface area contributed by atoms with Crippen molar-refractivity contribution in [1.82, 2.24) is 4.90 Å². The SMILES string of the molecule is CCC1(c2ccc(OCC(C)C)cc2)Nc2ccccc2C(=O)N1C. The Hall–Kier alpha value is -2.49. The molecule has 1 heterocycles. The van der Waals surface area contributed by atoms with Crippen molar-refractivity contribution in [1.29, 1.82) is 0 Å². The average Bonchev–Trinajstić information content (AvgIpc) is 2.63. The largest absolute Gasteiger partial charge is 0.493 e. The highest BCUT2D eigenvalue weighted by Gasteiger charge is 2.42. The summed E-state index contributed by atoms with van der Waals surface area (Å²) in [4.78, 5) is 14.7. The summed E-state index contributed by atoms with van der Waals surface area (Å²) in [5, 5.41) is 3.59. The summed E-state index contributed by atoms with van der Waals surface area (Å²) in [6, 6.07) is 15.7. The van der Waals surface area contributed by atoms with E-state index in [1.54, 1.807) is 4.90 Å². The highest BCUT2D eigenvalue weighted by atomic mass is 16.5. The Morgan fingerprint density at radius 1 is 1.12 bits per heavy atom. The second kappa shape index (κ2) is 6.79. The highest BCUT2D eigenvalue weighted by molar-refractivity contribution is 6.02. The zero-order valence-corrected chi connectivity index (χ0v) is 15.4. The molecule has 4 nitrogen and oxygen atoms in total. The van der Waals surface area contributed by atoms with Crippen molar-refractivity contribution in [3.05, 3.63) is 59.7 Å². The van der Waals surface area contributed by atoms with E-state index in [9.17, 15) is 4.79 Å². The molecule has 25 heavy (non-hydrogen) atoms. The predicted octanol–water partition coefficient (Wildman–Crippen LogP) is 4.48.